The molecule has 0 aliphatic carbocycles. The van der Waals surface area contributed by atoms with Crippen molar-refractivity contribution < 1.29 is 8.42 Å². The van der Waals surface area contributed by atoms with Crippen molar-refractivity contribution in [2.45, 2.75) is 41.6 Å². The highest BCUT2D eigenvalue weighted by atomic mass is 32.2. The number of nitrogens with one attached hydrogen (secondary N) is 2. The molecule has 1 aliphatic rings. The van der Waals surface area contributed by atoms with Crippen molar-refractivity contribution in [3.8, 4) is 0 Å². The summed E-state index contributed by atoms with van der Waals surface area (Å²) in [5.41, 5.74) is 0. The second-order valence-electron chi connectivity index (χ2n) is 4.79. The summed E-state index contributed by atoms with van der Waals surface area (Å²) in [6, 6.07) is 7.19. The van der Waals surface area contributed by atoms with Gasteiger partial charge >= 0.3 is 0 Å². The van der Waals surface area contributed by atoms with Gasteiger partial charge in [-0.15, -0.1) is 11.8 Å². The molecule has 0 spiro atoms. The highest BCUT2D eigenvalue weighted by Gasteiger charge is 2.26. The average molecular weight is 300 g/mol. The first-order valence-corrected chi connectivity index (χ1v) is 9.13. The molecule has 6 heteroatoms. The molecule has 1 aromatic carbocycles. The van der Waals surface area contributed by atoms with E-state index in [0.29, 0.717) is 4.90 Å². The molecular weight excluding hydrogens is 280 g/mol. The van der Waals surface area contributed by atoms with Gasteiger partial charge in [0.25, 0.3) is 0 Å². The lowest BCUT2D eigenvalue weighted by Gasteiger charge is -2.30. The highest BCUT2D eigenvalue weighted by Crippen LogP contribution is 2.20. The van der Waals surface area contributed by atoms with Gasteiger partial charge in [0.05, 0.1) is 4.90 Å². The zero-order valence-electron chi connectivity index (χ0n) is 11.2. The molecule has 4 nitrogen and oxygen atoms in total. The van der Waals surface area contributed by atoms with Crippen LogP contribution in [0, 0.1) is 0 Å². The minimum absolute atomic E-state index is 0.0308. The summed E-state index contributed by atoms with van der Waals surface area (Å²) in [6.45, 7) is 2.98. The minimum Gasteiger partial charge on any atom is -0.313 e. The Balaban J connectivity index is 2.17. The third-order valence-corrected chi connectivity index (χ3v) is 5.63. The molecule has 0 amide bonds. The summed E-state index contributed by atoms with van der Waals surface area (Å²) in [5.74, 6) is 0. The first-order valence-electron chi connectivity index (χ1n) is 6.43. The molecule has 1 aliphatic heterocycles. The maximum atomic E-state index is 12.4. The van der Waals surface area contributed by atoms with Gasteiger partial charge < -0.3 is 5.32 Å². The van der Waals surface area contributed by atoms with Crippen molar-refractivity contribution in [3.05, 3.63) is 24.3 Å². The molecule has 106 valence electrons. The fourth-order valence-corrected chi connectivity index (χ4v) is 4.17. The third kappa shape index (κ3) is 3.72. The van der Waals surface area contributed by atoms with Gasteiger partial charge in [-0.05, 0) is 50.8 Å². The minimum atomic E-state index is -3.43. The molecule has 19 heavy (non-hydrogen) atoms. The molecule has 2 unspecified atom stereocenters. The zero-order valence-corrected chi connectivity index (χ0v) is 12.9. The average Bonchev–Trinajstić information content (AvgIpc) is 2.41. The fourth-order valence-electron chi connectivity index (χ4n) is 2.24. The lowest BCUT2D eigenvalue weighted by atomic mass is 10.0. The molecule has 0 saturated carbocycles. The number of hydrogen-bond acceptors (Lipinski definition) is 4. The molecule has 1 heterocycles. The van der Waals surface area contributed by atoms with E-state index in [1.165, 1.54) is 0 Å². The number of benzene rings is 1. The van der Waals surface area contributed by atoms with Crippen molar-refractivity contribution in [1.29, 1.82) is 0 Å². The Morgan fingerprint density at radius 3 is 2.89 bits per heavy atom. The molecule has 1 aromatic rings. The third-order valence-electron chi connectivity index (χ3n) is 3.42. The van der Waals surface area contributed by atoms with Crippen LogP contribution in [0.15, 0.2) is 34.1 Å². The molecule has 0 aromatic heterocycles. The first-order chi connectivity index (χ1) is 9.03. The molecule has 0 radical (unpaired) electrons. The van der Waals surface area contributed by atoms with Gasteiger partial charge in [-0.2, -0.15) is 0 Å². The van der Waals surface area contributed by atoms with E-state index in [1.807, 2.05) is 19.2 Å². The van der Waals surface area contributed by atoms with Crippen molar-refractivity contribution in [3.63, 3.8) is 0 Å². The maximum Gasteiger partial charge on any atom is 0.240 e. The van der Waals surface area contributed by atoms with Crippen molar-refractivity contribution >= 4 is 21.8 Å². The van der Waals surface area contributed by atoms with E-state index in [2.05, 4.69) is 10.0 Å². The Hall–Kier alpha value is -0.560. The highest BCUT2D eigenvalue weighted by molar-refractivity contribution is 7.98. The smallest absolute Gasteiger partial charge is 0.240 e. The summed E-state index contributed by atoms with van der Waals surface area (Å²) in [5, 5.41) is 3.30. The van der Waals surface area contributed by atoms with E-state index < -0.39 is 10.0 Å². The number of piperidine rings is 1. The van der Waals surface area contributed by atoms with Crippen LogP contribution in [-0.2, 0) is 10.0 Å². The van der Waals surface area contributed by atoms with Gasteiger partial charge in [0, 0.05) is 17.0 Å². The molecule has 2 rings (SSSR count). The first kappa shape index (κ1) is 14.8. The Morgan fingerprint density at radius 2 is 2.21 bits per heavy atom. The normalized spacial score (nSPS) is 24.3. The number of hydrogen-bond donors (Lipinski definition) is 2. The van der Waals surface area contributed by atoms with Crippen molar-refractivity contribution in [1.82, 2.24) is 10.0 Å². The van der Waals surface area contributed by atoms with Crippen LogP contribution in [0.5, 0.6) is 0 Å². The molecule has 1 saturated heterocycles. The Bertz CT molecular complexity index is 531. The summed E-state index contributed by atoms with van der Waals surface area (Å²) in [4.78, 5) is 1.30. The lowest BCUT2D eigenvalue weighted by molar-refractivity contribution is 0.349. The van der Waals surface area contributed by atoms with E-state index in [0.717, 1.165) is 24.3 Å². The zero-order chi connectivity index (χ0) is 13.9. The van der Waals surface area contributed by atoms with E-state index in [4.69, 9.17) is 0 Å². The monoisotopic (exact) mass is 300 g/mol. The van der Waals surface area contributed by atoms with E-state index in [1.54, 1.807) is 30.0 Å². The second kappa shape index (κ2) is 6.26. The molecule has 2 N–H and O–H groups in total. The second-order valence-corrected chi connectivity index (χ2v) is 7.39. The Labute approximate surface area is 119 Å². The summed E-state index contributed by atoms with van der Waals surface area (Å²) >= 11 is 1.54. The van der Waals surface area contributed by atoms with Crippen molar-refractivity contribution in [2.24, 2.45) is 0 Å². The van der Waals surface area contributed by atoms with Crippen LogP contribution in [-0.4, -0.2) is 33.3 Å². The van der Waals surface area contributed by atoms with Crippen LogP contribution in [0.4, 0.5) is 0 Å². The van der Waals surface area contributed by atoms with Crippen LogP contribution in [0.1, 0.15) is 19.8 Å². The maximum absolute atomic E-state index is 12.4. The van der Waals surface area contributed by atoms with Crippen molar-refractivity contribution in [2.75, 3.05) is 12.8 Å². The fraction of sp³-hybridized carbons (Fsp3) is 0.538. The van der Waals surface area contributed by atoms with Crippen LogP contribution in [0.2, 0.25) is 0 Å². The SMILES string of the molecule is CSc1cccc(S(=O)(=O)NC2CCCNC2C)c1. The predicted molar refractivity (Wildman–Crippen MR) is 79.0 cm³/mol. The number of thioether (sulfide) groups is 1. The molecule has 2 atom stereocenters. The van der Waals surface area contributed by atoms with Gasteiger partial charge in [0.15, 0.2) is 0 Å². The molecular formula is C13H20N2O2S2. The van der Waals surface area contributed by atoms with Gasteiger partial charge in [-0.1, -0.05) is 6.07 Å². The lowest BCUT2D eigenvalue weighted by Crippen LogP contribution is -2.51. The largest absolute Gasteiger partial charge is 0.313 e. The Kier molecular flexibility index (Phi) is 4.89. The van der Waals surface area contributed by atoms with Gasteiger partial charge in [0.1, 0.15) is 0 Å². The van der Waals surface area contributed by atoms with E-state index in [9.17, 15) is 8.42 Å². The number of rotatable bonds is 4. The topological polar surface area (TPSA) is 58.2 Å². The molecule has 1 fully saturated rings. The molecule has 0 bridgehead atoms. The van der Waals surface area contributed by atoms with Crippen LogP contribution in [0.25, 0.3) is 0 Å². The van der Waals surface area contributed by atoms with Crippen LogP contribution in [0.3, 0.4) is 0 Å². The standard InChI is InChI=1S/C13H20N2O2S2/c1-10-13(7-4-8-14-10)15-19(16,17)12-6-3-5-11(9-12)18-2/h3,5-6,9-10,13-15H,4,7-8H2,1-2H3. The van der Waals surface area contributed by atoms with E-state index >= 15 is 0 Å². The summed E-state index contributed by atoms with van der Waals surface area (Å²) in [6.07, 6.45) is 3.82. The van der Waals surface area contributed by atoms with E-state index in [-0.39, 0.29) is 12.1 Å². The summed E-state index contributed by atoms with van der Waals surface area (Å²) < 4.78 is 27.5. The number of sulfonamides is 1. The Morgan fingerprint density at radius 1 is 1.42 bits per heavy atom. The van der Waals surface area contributed by atoms with Crippen LogP contribution >= 0.6 is 11.8 Å². The van der Waals surface area contributed by atoms with Crippen LogP contribution < -0.4 is 10.0 Å². The van der Waals surface area contributed by atoms with Gasteiger partial charge in [-0.3, -0.25) is 0 Å². The van der Waals surface area contributed by atoms with Gasteiger partial charge in [-0.25, -0.2) is 13.1 Å². The summed E-state index contributed by atoms with van der Waals surface area (Å²) in [7, 11) is -3.43. The quantitative estimate of drug-likeness (QED) is 0.833. The predicted octanol–water partition coefficient (Wildman–Crippen LogP) is 1.83. The van der Waals surface area contributed by atoms with Gasteiger partial charge in [0.2, 0.25) is 10.0 Å².